The molecule has 0 saturated heterocycles. The van der Waals surface area contributed by atoms with Gasteiger partial charge in [0.1, 0.15) is 0 Å². The summed E-state index contributed by atoms with van der Waals surface area (Å²) in [6.45, 7) is 0. The van der Waals surface area contributed by atoms with Crippen LogP contribution in [0.2, 0.25) is 0 Å². The van der Waals surface area contributed by atoms with Crippen LogP contribution >= 0.6 is 0 Å². The van der Waals surface area contributed by atoms with Crippen LogP contribution in [0, 0.1) is 0 Å². The SMILES string of the molecule is [2H]c1cc2ccccc2[te]1. The van der Waals surface area contributed by atoms with Gasteiger partial charge in [-0.1, -0.05) is 0 Å². The zero-order chi connectivity index (χ0) is 6.97. The van der Waals surface area contributed by atoms with Gasteiger partial charge < -0.3 is 0 Å². The van der Waals surface area contributed by atoms with E-state index in [9.17, 15) is 0 Å². The number of hydrogen-bond donors (Lipinski definition) is 0. The van der Waals surface area contributed by atoms with Crippen LogP contribution in [0.25, 0.3) is 8.79 Å². The molecule has 44 valence electrons. The molecule has 0 bridgehead atoms. The van der Waals surface area contributed by atoms with Gasteiger partial charge in [0, 0.05) is 0 Å². The van der Waals surface area contributed by atoms with Crippen molar-refractivity contribution in [1.29, 1.82) is 0 Å². The number of hydrogen-bond acceptors (Lipinski definition) is 0. The fourth-order valence-corrected chi connectivity index (χ4v) is 2.86. The molecule has 0 unspecified atom stereocenters. The van der Waals surface area contributed by atoms with E-state index in [1.54, 1.807) is 0 Å². The van der Waals surface area contributed by atoms with Gasteiger partial charge in [0.2, 0.25) is 0 Å². The van der Waals surface area contributed by atoms with Crippen molar-refractivity contribution in [3.63, 3.8) is 0 Å². The third-order valence-electron chi connectivity index (χ3n) is 1.30. The molecule has 1 heteroatoms. The molecule has 0 aliphatic rings. The molecule has 9 heavy (non-hydrogen) atoms. The topological polar surface area (TPSA) is 0 Å². The van der Waals surface area contributed by atoms with E-state index in [1.807, 2.05) is 12.1 Å². The first kappa shape index (κ1) is 4.55. The summed E-state index contributed by atoms with van der Waals surface area (Å²) >= 11 is -0.281. The molecule has 0 spiro atoms. The molecule has 0 nitrogen and oxygen atoms in total. The van der Waals surface area contributed by atoms with E-state index < -0.39 is 0 Å². The van der Waals surface area contributed by atoms with Crippen LogP contribution in [0.4, 0.5) is 0 Å². The molecule has 0 aliphatic carbocycles. The van der Waals surface area contributed by atoms with Crippen molar-refractivity contribution in [2.24, 2.45) is 0 Å². The molecule has 0 N–H and O–H groups in total. The van der Waals surface area contributed by atoms with Gasteiger partial charge in [0.15, 0.2) is 0 Å². The van der Waals surface area contributed by atoms with Gasteiger partial charge in [0.05, 0.1) is 0 Å². The average Bonchev–Trinajstić information content (AvgIpc) is 2.27. The Morgan fingerprint density at radius 2 is 2.11 bits per heavy atom. The molecular weight excluding hydrogens is 224 g/mol. The zero-order valence-corrected chi connectivity index (χ0v) is 7.13. The second kappa shape index (κ2) is 2.17. The number of benzene rings is 1. The van der Waals surface area contributed by atoms with Crippen LogP contribution in [-0.4, -0.2) is 20.4 Å². The Kier molecular flexibility index (Phi) is 1.10. The van der Waals surface area contributed by atoms with Crippen molar-refractivity contribution in [3.8, 4) is 0 Å². The van der Waals surface area contributed by atoms with E-state index in [1.165, 1.54) is 8.79 Å². The third kappa shape index (κ3) is 0.913. The van der Waals surface area contributed by atoms with Crippen LogP contribution in [0.3, 0.4) is 0 Å². The normalized spacial score (nSPS) is 11.8. The fraction of sp³-hybridized carbons (Fsp3) is 0. The Hall–Kier alpha value is -0.250. The minimum absolute atomic E-state index is 0.281. The number of fused-ring (bicyclic) bond motifs is 1. The molecular formula is C8H6Te. The molecule has 0 radical (unpaired) electrons. The minimum atomic E-state index is -0.281. The molecule has 1 aromatic heterocycles. The van der Waals surface area contributed by atoms with Crippen LogP contribution < -0.4 is 0 Å². The number of rotatable bonds is 0. The van der Waals surface area contributed by atoms with E-state index in [0.29, 0.717) is 0 Å². The van der Waals surface area contributed by atoms with Gasteiger partial charge in [-0.15, -0.1) is 0 Å². The summed E-state index contributed by atoms with van der Waals surface area (Å²) in [5.41, 5.74) is 0. The van der Waals surface area contributed by atoms with Crippen molar-refractivity contribution < 1.29 is 1.37 Å². The molecule has 0 saturated carbocycles. The fourth-order valence-electron chi connectivity index (χ4n) is 0.849. The maximum absolute atomic E-state index is 7.44. The second-order valence-corrected chi connectivity index (χ2v) is 4.41. The summed E-state index contributed by atoms with van der Waals surface area (Å²) in [5, 5.41) is 1.27. The second-order valence-electron chi connectivity index (χ2n) is 1.90. The van der Waals surface area contributed by atoms with E-state index >= 15 is 0 Å². The predicted octanol–water partition coefficient (Wildman–Crippen LogP) is 1.90. The zero-order valence-electron chi connectivity index (χ0n) is 5.79. The summed E-state index contributed by atoms with van der Waals surface area (Å²) in [7, 11) is 0. The first-order valence-corrected chi connectivity index (χ1v) is 5.14. The van der Waals surface area contributed by atoms with E-state index in [2.05, 4.69) is 18.2 Å². The molecule has 0 fully saturated rings. The van der Waals surface area contributed by atoms with Crippen molar-refractivity contribution in [2.75, 3.05) is 0 Å². The molecule has 2 aromatic rings. The molecule has 1 aromatic carbocycles. The Morgan fingerprint density at radius 1 is 1.22 bits per heavy atom. The molecule has 1 heterocycles. The Balaban J connectivity index is 2.88. The summed E-state index contributed by atoms with van der Waals surface area (Å²) in [6, 6.07) is 10.3. The molecule has 0 atom stereocenters. The van der Waals surface area contributed by atoms with E-state index in [-0.39, 0.29) is 20.4 Å². The van der Waals surface area contributed by atoms with Gasteiger partial charge in [-0.25, -0.2) is 0 Å². The monoisotopic (exact) mass is 233 g/mol. The van der Waals surface area contributed by atoms with Gasteiger partial charge in [-0.05, 0) is 0 Å². The molecule has 0 amide bonds. The van der Waals surface area contributed by atoms with Gasteiger partial charge in [-0.2, -0.15) is 0 Å². The van der Waals surface area contributed by atoms with Gasteiger partial charge in [0.25, 0.3) is 0 Å². The summed E-state index contributed by atoms with van der Waals surface area (Å²) in [5.74, 6) is 0. The van der Waals surface area contributed by atoms with Gasteiger partial charge in [-0.3, -0.25) is 0 Å². The Labute approximate surface area is 65.1 Å². The Morgan fingerprint density at radius 3 is 3.00 bits per heavy atom. The van der Waals surface area contributed by atoms with E-state index in [4.69, 9.17) is 1.37 Å². The Bertz CT molecular complexity index is 318. The first-order valence-electron chi connectivity index (χ1n) is 3.31. The quantitative estimate of drug-likeness (QED) is 0.607. The third-order valence-corrected chi connectivity index (χ3v) is 3.66. The molecule has 2 rings (SSSR count). The summed E-state index contributed by atoms with van der Waals surface area (Å²) < 4.78 is 9.70. The van der Waals surface area contributed by atoms with Crippen LogP contribution in [0.1, 0.15) is 1.37 Å². The maximum atomic E-state index is 7.44. The standard InChI is InChI=1S/C8H6Te/c1-2-4-8-7(3-1)5-6-9-8/h1-6H/i6D. The summed E-state index contributed by atoms with van der Waals surface area (Å²) in [4.78, 5) is 0. The van der Waals surface area contributed by atoms with E-state index in [0.717, 1.165) is 4.06 Å². The average molecular weight is 231 g/mol. The molecule has 0 aliphatic heterocycles. The van der Waals surface area contributed by atoms with Crippen LogP contribution in [-0.2, 0) is 0 Å². The van der Waals surface area contributed by atoms with Crippen LogP contribution in [0.5, 0.6) is 0 Å². The predicted molar refractivity (Wildman–Crippen MR) is 40.9 cm³/mol. The van der Waals surface area contributed by atoms with Crippen molar-refractivity contribution in [2.45, 2.75) is 0 Å². The van der Waals surface area contributed by atoms with Crippen molar-refractivity contribution in [1.82, 2.24) is 0 Å². The van der Waals surface area contributed by atoms with Gasteiger partial charge >= 0.3 is 65.0 Å². The van der Waals surface area contributed by atoms with Crippen molar-refractivity contribution >= 4 is 29.2 Å². The summed E-state index contributed by atoms with van der Waals surface area (Å²) in [6.07, 6.45) is 0. The van der Waals surface area contributed by atoms with Crippen LogP contribution in [0.15, 0.2) is 34.4 Å². The van der Waals surface area contributed by atoms with Crippen molar-refractivity contribution in [3.05, 3.63) is 34.4 Å². The first-order chi connectivity index (χ1) is 4.86.